The minimum atomic E-state index is -0.412. The number of thioether (sulfide) groups is 1. The fourth-order valence-electron chi connectivity index (χ4n) is 3.55. The van der Waals surface area contributed by atoms with Gasteiger partial charge in [0.1, 0.15) is 6.61 Å². The van der Waals surface area contributed by atoms with Gasteiger partial charge in [0.05, 0.1) is 29.9 Å². The summed E-state index contributed by atoms with van der Waals surface area (Å²) in [6.07, 6.45) is 1.82. The molecule has 0 aromatic heterocycles. The highest BCUT2D eigenvalue weighted by Crippen LogP contribution is 2.35. The minimum Gasteiger partial charge on any atom is -0.490 e. The average molecular weight is 517 g/mol. The molecule has 0 bridgehead atoms. The zero-order chi connectivity index (χ0) is 26.4. The molecule has 1 amide bonds. The topological polar surface area (TPSA) is 77.4 Å². The monoisotopic (exact) mass is 516 g/mol. The van der Waals surface area contributed by atoms with E-state index in [9.17, 15) is 9.59 Å². The number of carbonyl (C=O) groups excluding carboxylic acids is 2. The summed E-state index contributed by atoms with van der Waals surface area (Å²) in [6.45, 7) is 4.89. The van der Waals surface area contributed by atoms with Crippen LogP contribution in [0.3, 0.4) is 0 Å². The Labute approximate surface area is 220 Å². The number of amidine groups is 1. The van der Waals surface area contributed by atoms with Crippen LogP contribution < -0.4 is 9.47 Å². The fourth-order valence-corrected chi connectivity index (χ4v) is 4.54. The first kappa shape index (κ1) is 26.0. The van der Waals surface area contributed by atoms with Gasteiger partial charge in [-0.1, -0.05) is 35.9 Å². The Morgan fingerprint density at radius 2 is 1.73 bits per heavy atom. The molecule has 0 saturated carbocycles. The molecule has 3 aromatic carbocycles. The fraction of sp³-hybridized carbons (Fsp3) is 0.207. The number of nitrogens with zero attached hydrogens (tertiary/aromatic N) is 2. The molecule has 0 unspecified atom stereocenters. The van der Waals surface area contributed by atoms with Gasteiger partial charge in [0.15, 0.2) is 16.7 Å². The number of hydrogen-bond donors (Lipinski definition) is 0. The summed E-state index contributed by atoms with van der Waals surface area (Å²) in [7, 11) is 3.02. The normalized spacial score (nSPS) is 15.4. The van der Waals surface area contributed by atoms with E-state index in [0.717, 1.165) is 11.1 Å². The second kappa shape index (κ2) is 11.8. The molecular formula is C29H28N2O5S. The van der Waals surface area contributed by atoms with Crippen molar-refractivity contribution in [2.24, 2.45) is 4.99 Å². The Bertz CT molecular complexity index is 1350. The largest absolute Gasteiger partial charge is 0.490 e. The Morgan fingerprint density at radius 1 is 1.00 bits per heavy atom. The van der Waals surface area contributed by atoms with E-state index in [1.165, 1.54) is 29.3 Å². The Kier molecular flexibility index (Phi) is 8.30. The lowest BCUT2D eigenvalue weighted by Crippen LogP contribution is -2.23. The first-order valence-electron chi connectivity index (χ1n) is 11.8. The molecule has 3 aromatic rings. The van der Waals surface area contributed by atoms with E-state index < -0.39 is 5.97 Å². The predicted molar refractivity (Wildman–Crippen MR) is 146 cm³/mol. The Balaban J connectivity index is 1.51. The number of methoxy groups -OCH3 is 1. The van der Waals surface area contributed by atoms with Crippen molar-refractivity contribution in [1.29, 1.82) is 0 Å². The molecule has 7 nitrogen and oxygen atoms in total. The number of carbonyl (C=O) groups is 2. The molecule has 1 fully saturated rings. The molecule has 1 aliphatic heterocycles. The molecule has 4 rings (SSSR count). The van der Waals surface area contributed by atoms with Crippen molar-refractivity contribution in [3.8, 4) is 11.5 Å². The molecule has 0 aliphatic carbocycles. The van der Waals surface area contributed by atoms with E-state index >= 15 is 0 Å². The zero-order valence-electron chi connectivity index (χ0n) is 21.2. The molecule has 0 atom stereocenters. The van der Waals surface area contributed by atoms with Gasteiger partial charge in [0, 0.05) is 7.05 Å². The quantitative estimate of drug-likeness (QED) is 0.270. The van der Waals surface area contributed by atoms with Gasteiger partial charge < -0.3 is 14.2 Å². The van der Waals surface area contributed by atoms with Crippen LogP contribution in [0.25, 0.3) is 6.08 Å². The van der Waals surface area contributed by atoms with Crippen LogP contribution in [0.1, 0.15) is 34.0 Å². The van der Waals surface area contributed by atoms with Crippen molar-refractivity contribution in [1.82, 2.24) is 4.90 Å². The zero-order valence-corrected chi connectivity index (χ0v) is 22.0. The van der Waals surface area contributed by atoms with Gasteiger partial charge in [-0.05, 0) is 79.2 Å². The SMILES string of the molecule is CCOc1cc(/C=C2\SC(=Nc3ccc(C(=O)OC)cc3)N(C)C2=O)ccc1OCc1ccc(C)cc1. The smallest absolute Gasteiger partial charge is 0.337 e. The second-order valence-electron chi connectivity index (χ2n) is 8.32. The van der Waals surface area contributed by atoms with E-state index in [2.05, 4.69) is 24.0 Å². The van der Waals surface area contributed by atoms with Crippen LogP contribution in [0.5, 0.6) is 11.5 Å². The molecule has 1 heterocycles. The number of benzene rings is 3. The maximum atomic E-state index is 12.9. The molecule has 8 heteroatoms. The van der Waals surface area contributed by atoms with Crippen LogP contribution in [0.15, 0.2) is 76.6 Å². The molecular weight excluding hydrogens is 488 g/mol. The average Bonchev–Trinajstić information content (AvgIpc) is 3.17. The van der Waals surface area contributed by atoms with E-state index in [0.29, 0.717) is 46.0 Å². The molecule has 0 N–H and O–H groups in total. The maximum Gasteiger partial charge on any atom is 0.337 e. The third-order valence-corrected chi connectivity index (χ3v) is 6.66. The van der Waals surface area contributed by atoms with Crippen molar-refractivity contribution in [2.45, 2.75) is 20.5 Å². The van der Waals surface area contributed by atoms with E-state index in [-0.39, 0.29) is 5.91 Å². The lowest BCUT2D eigenvalue weighted by molar-refractivity contribution is -0.121. The third kappa shape index (κ3) is 6.40. The van der Waals surface area contributed by atoms with Gasteiger partial charge in [-0.15, -0.1) is 0 Å². The molecule has 0 spiro atoms. The summed E-state index contributed by atoms with van der Waals surface area (Å²) in [5.74, 6) is 0.703. The summed E-state index contributed by atoms with van der Waals surface area (Å²) >= 11 is 1.29. The van der Waals surface area contributed by atoms with Gasteiger partial charge in [-0.3, -0.25) is 9.69 Å². The van der Waals surface area contributed by atoms with E-state index in [1.54, 1.807) is 31.3 Å². The van der Waals surface area contributed by atoms with Gasteiger partial charge >= 0.3 is 5.97 Å². The van der Waals surface area contributed by atoms with Crippen molar-refractivity contribution >= 4 is 40.6 Å². The molecule has 0 radical (unpaired) electrons. The second-order valence-corrected chi connectivity index (χ2v) is 9.33. The van der Waals surface area contributed by atoms with Gasteiger partial charge in [0.2, 0.25) is 0 Å². The van der Waals surface area contributed by atoms with E-state index in [4.69, 9.17) is 14.2 Å². The maximum absolute atomic E-state index is 12.9. The van der Waals surface area contributed by atoms with Crippen LogP contribution in [0.4, 0.5) is 5.69 Å². The number of hydrogen-bond acceptors (Lipinski definition) is 7. The highest BCUT2D eigenvalue weighted by atomic mass is 32.2. The van der Waals surface area contributed by atoms with E-state index in [1.807, 2.05) is 43.3 Å². The molecule has 1 saturated heterocycles. The number of esters is 1. The summed E-state index contributed by atoms with van der Waals surface area (Å²) in [5.41, 5.74) is 4.16. The van der Waals surface area contributed by atoms with Crippen LogP contribution in [0.2, 0.25) is 0 Å². The first-order valence-corrected chi connectivity index (χ1v) is 12.6. The van der Waals surface area contributed by atoms with Crippen LogP contribution in [-0.4, -0.2) is 42.7 Å². The lowest BCUT2D eigenvalue weighted by Gasteiger charge is -2.13. The number of rotatable bonds is 8. The number of ether oxygens (including phenoxy) is 3. The molecule has 1 aliphatic rings. The highest BCUT2D eigenvalue weighted by Gasteiger charge is 2.30. The highest BCUT2D eigenvalue weighted by molar-refractivity contribution is 8.18. The summed E-state index contributed by atoms with van der Waals surface area (Å²) < 4.78 is 16.6. The summed E-state index contributed by atoms with van der Waals surface area (Å²) in [4.78, 5) is 31.2. The summed E-state index contributed by atoms with van der Waals surface area (Å²) in [5, 5.41) is 0.546. The van der Waals surface area contributed by atoms with Crippen LogP contribution in [-0.2, 0) is 16.1 Å². The number of aliphatic imine (C=N–C) groups is 1. The van der Waals surface area contributed by atoms with Crippen molar-refractivity contribution in [3.05, 3.63) is 93.9 Å². The minimum absolute atomic E-state index is 0.146. The molecule has 190 valence electrons. The number of amides is 1. The van der Waals surface area contributed by atoms with Gasteiger partial charge in [-0.2, -0.15) is 0 Å². The Morgan fingerprint density at radius 3 is 2.41 bits per heavy atom. The summed E-state index contributed by atoms with van der Waals surface area (Å²) in [6, 6.07) is 20.5. The standard InChI is InChI=1S/C29H28N2O5S/c1-5-35-25-16-21(10-15-24(25)36-18-20-8-6-19(2)7-9-20)17-26-27(32)31(3)29(37-26)30-23-13-11-22(12-14-23)28(33)34-4/h6-17H,5,18H2,1-4H3/b26-17-,30-29?. The number of aryl methyl sites for hydroxylation is 1. The van der Waals surface area contributed by atoms with Crippen molar-refractivity contribution < 1.29 is 23.8 Å². The first-order chi connectivity index (χ1) is 17.9. The van der Waals surface area contributed by atoms with Crippen molar-refractivity contribution in [2.75, 3.05) is 20.8 Å². The predicted octanol–water partition coefficient (Wildman–Crippen LogP) is 5.99. The lowest BCUT2D eigenvalue weighted by atomic mass is 10.1. The Hall–Kier alpha value is -4.04. The third-order valence-electron chi connectivity index (χ3n) is 5.60. The molecule has 37 heavy (non-hydrogen) atoms. The van der Waals surface area contributed by atoms with Crippen LogP contribution >= 0.6 is 11.8 Å². The van der Waals surface area contributed by atoms with Gasteiger partial charge in [-0.25, -0.2) is 9.79 Å². The number of likely N-dealkylation sites (N-methyl/N-ethyl adjacent to an activating group) is 1. The van der Waals surface area contributed by atoms with Crippen molar-refractivity contribution in [3.63, 3.8) is 0 Å². The van der Waals surface area contributed by atoms with Gasteiger partial charge in [0.25, 0.3) is 5.91 Å². The van der Waals surface area contributed by atoms with Crippen LogP contribution in [0, 0.1) is 6.92 Å².